The average Bonchev–Trinajstić information content (AvgIpc) is 3.13. The second kappa shape index (κ2) is 7.46. The Kier molecular flexibility index (Phi) is 4.86. The van der Waals surface area contributed by atoms with Gasteiger partial charge in [-0.1, -0.05) is 30.3 Å². The van der Waals surface area contributed by atoms with Gasteiger partial charge in [-0.2, -0.15) is 0 Å². The van der Waals surface area contributed by atoms with Crippen LogP contribution in [0.3, 0.4) is 0 Å². The molecule has 0 fully saturated rings. The summed E-state index contributed by atoms with van der Waals surface area (Å²) >= 11 is 0. The van der Waals surface area contributed by atoms with E-state index in [1.165, 1.54) is 11.1 Å². The third kappa shape index (κ3) is 3.05. The minimum atomic E-state index is -0.144. The molecule has 6 nitrogen and oxygen atoms in total. The molecule has 0 saturated carbocycles. The van der Waals surface area contributed by atoms with Gasteiger partial charge < -0.3 is 9.80 Å². The lowest BCUT2D eigenvalue weighted by Gasteiger charge is -2.28. The first-order valence-electron chi connectivity index (χ1n) is 9.76. The normalized spacial score (nSPS) is 13.4. The summed E-state index contributed by atoms with van der Waals surface area (Å²) < 4.78 is 1.74. The zero-order valence-corrected chi connectivity index (χ0v) is 16.3. The van der Waals surface area contributed by atoms with E-state index >= 15 is 0 Å². The average molecular weight is 376 g/mol. The monoisotopic (exact) mass is 376 g/mol. The van der Waals surface area contributed by atoms with E-state index in [0.29, 0.717) is 43.2 Å². The number of hydrogen-bond donors (Lipinski definition) is 0. The molecule has 0 atom stereocenters. The molecule has 0 aliphatic carbocycles. The summed E-state index contributed by atoms with van der Waals surface area (Å²) in [5.74, 6) is 0.0107. The lowest BCUT2D eigenvalue weighted by molar-refractivity contribution is 0.0721. The maximum Gasteiger partial charge on any atom is 0.290 e. The predicted octanol–water partition coefficient (Wildman–Crippen LogP) is 3.01. The van der Waals surface area contributed by atoms with Crippen molar-refractivity contribution in [2.24, 2.45) is 0 Å². The van der Waals surface area contributed by atoms with Crippen molar-refractivity contribution in [3.63, 3.8) is 0 Å². The number of fused-ring (bicyclic) bond motifs is 2. The van der Waals surface area contributed by atoms with Gasteiger partial charge in [0.05, 0.1) is 5.52 Å². The van der Waals surface area contributed by atoms with Crippen molar-refractivity contribution < 1.29 is 9.59 Å². The number of carbonyl (C=O) groups is 2. The predicted molar refractivity (Wildman–Crippen MR) is 107 cm³/mol. The molecule has 1 aliphatic rings. The first kappa shape index (κ1) is 18.2. The molecule has 144 valence electrons. The maximum absolute atomic E-state index is 13.3. The second-order valence-corrected chi connectivity index (χ2v) is 6.96. The Labute approximate surface area is 164 Å². The first-order chi connectivity index (χ1) is 13.6. The molecule has 0 unspecified atom stereocenters. The van der Waals surface area contributed by atoms with Gasteiger partial charge in [-0.3, -0.25) is 14.0 Å². The Morgan fingerprint density at radius 3 is 2.50 bits per heavy atom. The summed E-state index contributed by atoms with van der Waals surface area (Å²) in [6.07, 6.45) is 2.63. The van der Waals surface area contributed by atoms with Crippen LogP contribution in [0.2, 0.25) is 0 Å². The molecule has 0 spiro atoms. The van der Waals surface area contributed by atoms with Crippen molar-refractivity contribution in [2.45, 2.75) is 26.8 Å². The van der Waals surface area contributed by atoms with E-state index in [2.05, 4.69) is 17.1 Å². The number of benzene rings is 1. The molecule has 6 heteroatoms. The number of imidazole rings is 1. The van der Waals surface area contributed by atoms with Gasteiger partial charge >= 0.3 is 0 Å². The third-order valence-corrected chi connectivity index (χ3v) is 5.41. The smallest absolute Gasteiger partial charge is 0.290 e. The van der Waals surface area contributed by atoms with E-state index < -0.39 is 0 Å². The van der Waals surface area contributed by atoms with Crippen molar-refractivity contribution in [1.29, 1.82) is 0 Å². The summed E-state index contributed by atoms with van der Waals surface area (Å²) in [5.41, 5.74) is 3.46. The zero-order chi connectivity index (χ0) is 19.7. The van der Waals surface area contributed by atoms with Crippen LogP contribution in [0.15, 0.2) is 48.7 Å². The van der Waals surface area contributed by atoms with Crippen LogP contribution in [0.5, 0.6) is 0 Å². The first-order valence-corrected chi connectivity index (χ1v) is 9.76. The highest BCUT2D eigenvalue weighted by molar-refractivity contribution is 6.02. The number of amides is 2. The van der Waals surface area contributed by atoms with Crippen molar-refractivity contribution in [3.05, 3.63) is 71.3 Å². The van der Waals surface area contributed by atoms with Crippen molar-refractivity contribution in [1.82, 2.24) is 19.2 Å². The van der Waals surface area contributed by atoms with Crippen LogP contribution in [0, 0.1) is 0 Å². The van der Waals surface area contributed by atoms with E-state index in [0.717, 1.165) is 6.42 Å². The maximum atomic E-state index is 13.3. The van der Waals surface area contributed by atoms with E-state index in [9.17, 15) is 9.59 Å². The fourth-order valence-electron chi connectivity index (χ4n) is 3.82. The minimum absolute atomic E-state index is 0.142. The zero-order valence-electron chi connectivity index (χ0n) is 16.3. The van der Waals surface area contributed by atoms with E-state index in [4.69, 9.17) is 0 Å². The molecule has 2 aromatic heterocycles. The molecule has 1 aliphatic heterocycles. The number of aromatic nitrogens is 2. The van der Waals surface area contributed by atoms with Crippen LogP contribution in [0.4, 0.5) is 0 Å². The lowest BCUT2D eigenvalue weighted by atomic mass is 10.00. The molecule has 0 bridgehead atoms. The topological polar surface area (TPSA) is 57.9 Å². The molecule has 3 aromatic rings. The molecular weight excluding hydrogens is 352 g/mol. The summed E-state index contributed by atoms with van der Waals surface area (Å²) in [6, 6.07) is 13.8. The Morgan fingerprint density at radius 2 is 1.75 bits per heavy atom. The quantitative estimate of drug-likeness (QED) is 0.703. The van der Waals surface area contributed by atoms with Gasteiger partial charge in [-0.25, -0.2) is 4.98 Å². The largest absolute Gasteiger partial charge is 0.338 e. The summed E-state index contributed by atoms with van der Waals surface area (Å²) in [4.78, 5) is 34.3. The van der Waals surface area contributed by atoms with E-state index in [-0.39, 0.29) is 11.8 Å². The number of pyridine rings is 1. The van der Waals surface area contributed by atoms with Gasteiger partial charge in [0.1, 0.15) is 0 Å². The van der Waals surface area contributed by atoms with E-state index in [1.54, 1.807) is 15.5 Å². The molecular formula is C22H24N4O2. The van der Waals surface area contributed by atoms with Gasteiger partial charge in [-0.15, -0.1) is 0 Å². The fourth-order valence-corrected chi connectivity index (χ4v) is 3.82. The van der Waals surface area contributed by atoms with Crippen molar-refractivity contribution in [2.75, 3.05) is 19.6 Å². The number of carbonyl (C=O) groups excluding carboxylic acids is 2. The van der Waals surface area contributed by atoms with Crippen LogP contribution in [-0.4, -0.2) is 50.6 Å². The molecule has 2 amide bonds. The van der Waals surface area contributed by atoms with Crippen LogP contribution in [-0.2, 0) is 13.0 Å². The number of nitrogens with zero attached hydrogens (tertiary/aromatic N) is 4. The molecule has 0 radical (unpaired) electrons. The number of rotatable bonds is 4. The highest BCUT2D eigenvalue weighted by Crippen LogP contribution is 2.22. The second-order valence-electron chi connectivity index (χ2n) is 6.96. The van der Waals surface area contributed by atoms with E-state index in [1.807, 2.05) is 49.1 Å². The highest BCUT2D eigenvalue weighted by Gasteiger charge is 2.28. The Morgan fingerprint density at radius 1 is 1.04 bits per heavy atom. The molecule has 0 saturated heterocycles. The van der Waals surface area contributed by atoms with Gasteiger partial charge in [0.25, 0.3) is 11.8 Å². The minimum Gasteiger partial charge on any atom is -0.338 e. The van der Waals surface area contributed by atoms with Gasteiger partial charge in [-0.05, 0) is 43.5 Å². The van der Waals surface area contributed by atoms with Crippen molar-refractivity contribution >= 4 is 17.3 Å². The molecule has 1 aromatic carbocycles. The standard InChI is InChI=1S/C22H24N4O2/c1-3-24(4-2)21(27)19-18-11-7-8-13-26(18)20(23-19)22(28)25-14-12-16-9-5-6-10-17(16)15-25/h5-11,13H,3-4,12,14-15H2,1-2H3. The van der Waals surface area contributed by atoms with Crippen molar-refractivity contribution in [3.8, 4) is 0 Å². The van der Waals surface area contributed by atoms with Crippen LogP contribution in [0.25, 0.3) is 5.52 Å². The number of hydrogen-bond acceptors (Lipinski definition) is 3. The summed E-state index contributed by atoms with van der Waals surface area (Å²) in [5, 5.41) is 0. The SMILES string of the molecule is CCN(CC)C(=O)c1nc(C(=O)N2CCc3ccccc3C2)n2ccccc12. The summed E-state index contributed by atoms with van der Waals surface area (Å²) in [7, 11) is 0. The Balaban J connectivity index is 1.71. The summed E-state index contributed by atoms with van der Waals surface area (Å²) in [6.45, 7) is 6.31. The van der Waals surface area contributed by atoms with Gasteiger partial charge in [0, 0.05) is 32.4 Å². The Hall–Kier alpha value is -3.15. The van der Waals surface area contributed by atoms with Crippen LogP contribution in [0.1, 0.15) is 46.1 Å². The van der Waals surface area contributed by atoms with Gasteiger partial charge in [0.2, 0.25) is 5.82 Å². The Bertz CT molecular complexity index is 1040. The van der Waals surface area contributed by atoms with Crippen LogP contribution >= 0.6 is 0 Å². The fraction of sp³-hybridized carbons (Fsp3) is 0.318. The van der Waals surface area contributed by atoms with Crippen LogP contribution < -0.4 is 0 Å². The molecule has 3 heterocycles. The molecule has 0 N–H and O–H groups in total. The van der Waals surface area contributed by atoms with Gasteiger partial charge in [0.15, 0.2) is 5.69 Å². The molecule has 4 rings (SSSR count). The molecule has 28 heavy (non-hydrogen) atoms. The lowest BCUT2D eigenvalue weighted by Crippen LogP contribution is -2.37. The highest BCUT2D eigenvalue weighted by atomic mass is 16.2. The third-order valence-electron chi connectivity index (χ3n) is 5.41.